The summed E-state index contributed by atoms with van der Waals surface area (Å²) in [5, 5.41) is 3.64. The molecule has 1 N–H and O–H groups in total. The lowest BCUT2D eigenvalue weighted by atomic mass is 9.99. The van der Waals surface area contributed by atoms with Crippen LogP contribution in [0.5, 0.6) is 0 Å². The highest BCUT2D eigenvalue weighted by atomic mass is 16.2. The molecule has 3 heteroatoms. The van der Waals surface area contributed by atoms with E-state index in [4.69, 9.17) is 0 Å². The van der Waals surface area contributed by atoms with Gasteiger partial charge in [-0.15, -0.1) is 0 Å². The molecule has 0 atom stereocenters. The standard InChI is InChI=1S/C16H22N2O/c1-18-15-8-6-12(10-13(15)7-9-16(18)19)11-17-14-4-2-3-5-14/h6,8,10,14,17H,2-5,7,9,11H2,1H3. The Balaban J connectivity index is 1.69. The zero-order valence-electron chi connectivity index (χ0n) is 11.6. The zero-order valence-corrected chi connectivity index (χ0v) is 11.6. The van der Waals surface area contributed by atoms with Crippen LogP contribution in [0.1, 0.15) is 43.2 Å². The van der Waals surface area contributed by atoms with Gasteiger partial charge in [-0.1, -0.05) is 25.0 Å². The predicted octanol–water partition coefficient (Wildman–Crippen LogP) is 2.63. The third kappa shape index (κ3) is 2.66. The molecule has 0 spiro atoms. The molecule has 1 heterocycles. The minimum Gasteiger partial charge on any atom is -0.315 e. The van der Waals surface area contributed by atoms with Gasteiger partial charge in [0, 0.05) is 31.7 Å². The van der Waals surface area contributed by atoms with E-state index in [1.54, 1.807) is 4.90 Å². The van der Waals surface area contributed by atoms with Gasteiger partial charge < -0.3 is 10.2 Å². The molecule has 3 nitrogen and oxygen atoms in total. The summed E-state index contributed by atoms with van der Waals surface area (Å²) < 4.78 is 0. The molecule has 0 unspecified atom stereocenters. The lowest BCUT2D eigenvalue weighted by Crippen LogP contribution is -2.31. The van der Waals surface area contributed by atoms with E-state index in [0.29, 0.717) is 12.5 Å². The predicted molar refractivity (Wildman–Crippen MR) is 77.3 cm³/mol. The molecule has 0 bridgehead atoms. The molecule has 102 valence electrons. The topological polar surface area (TPSA) is 32.3 Å². The highest BCUT2D eigenvalue weighted by Crippen LogP contribution is 2.27. The first-order valence-electron chi connectivity index (χ1n) is 7.36. The minimum absolute atomic E-state index is 0.226. The molecular formula is C16H22N2O. The smallest absolute Gasteiger partial charge is 0.227 e. The third-order valence-electron chi connectivity index (χ3n) is 4.44. The van der Waals surface area contributed by atoms with Crippen LogP contribution in [0, 0.1) is 0 Å². The lowest BCUT2D eigenvalue weighted by molar-refractivity contribution is -0.118. The van der Waals surface area contributed by atoms with Crippen molar-refractivity contribution in [1.29, 1.82) is 0 Å². The molecule has 1 aliphatic heterocycles. The molecule has 1 saturated carbocycles. The van der Waals surface area contributed by atoms with E-state index < -0.39 is 0 Å². The molecular weight excluding hydrogens is 236 g/mol. The summed E-state index contributed by atoms with van der Waals surface area (Å²) in [7, 11) is 1.87. The van der Waals surface area contributed by atoms with Crippen molar-refractivity contribution in [2.24, 2.45) is 0 Å². The summed E-state index contributed by atoms with van der Waals surface area (Å²) in [4.78, 5) is 13.4. The van der Waals surface area contributed by atoms with E-state index in [-0.39, 0.29) is 5.91 Å². The van der Waals surface area contributed by atoms with Crippen LogP contribution in [-0.2, 0) is 17.8 Å². The SMILES string of the molecule is CN1C(=O)CCc2cc(CNC3CCCC3)ccc21. The number of nitrogens with one attached hydrogen (secondary N) is 1. The van der Waals surface area contributed by atoms with Crippen LogP contribution >= 0.6 is 0 Å². The molecule has 0 saturated heterocycles. The van der Waals surface area contributed by atoms with Gasteiger partial charge in [-0.05, 0) is 36.5 Å². The van der Waals surface area contributed by atoms with Crippen molar-refractivity contribution in [3.05, 3.63) is 29.3 Å². The minimum atomic E-state index is 0.226. The second-order valence-corrected chi connectivity index (χ2v) is 5.78. The van der Waals surface area contributed by atoms with Crippen molar-refractivity contribution in [1.82, 2.24) is 5.32 Å². The van der Waals surface area contributed by atoms with Gasteiger partial charge >= 0.3 is 0 Å². The zero-order chi connectivity index (χ0) is 13.2. The molecule has 1 aliphatic carbocycles. The van der Waals surface area contributed by atoms with Gasteiger partial charge in [0.25, 0.3) is 0 Å². The Kier molecular flexibility index (Phi) is 3.56. The average Bonchev–Trinajstić information content (AvgIpc) is 2.94. The molecule has 1 aromatic rings. The van der Waals surface area contributed by atoms with Crippen LogP contribution in [0.2, 0.25) is 0 Å². The number of carbonyl (C=O) groups excluding carboxylic acids is 1. The summed E-state index contributed by atoms with van der Waals surface area (Å²) in [6.07, 6.45) is 6.91. The summed E-state index contributed by atoms with van der Waals surface area (Å²) in [6.45, 7) is 0.954. The van der Waals surface area contributed by atoms with Crippen molar-refractivity contribution < 1.29 is 4.79 Å². The Bertz CT molecular complexity index is 478. The van der Waals surface area contributed by atoms with Crippen LogP contribution in [0.25, 0.3) is 0 Å². The summed E-state index contributed by atoms with van der Waals surface area (Å²) in [5.74, 6) is 0.226. The second-order valence-electron chi connectivity index (χ2n) is 5.78. The summed E-state index contributed by atoms with van der Waals surface area (Å²) >= 11 is 0. The number of carbonyl (C=O) groups is 1. The van der Waals surface area contributed by atoms with Gasteiger partial charge in [0.05, 0.1) is 0 Å². The monoisotopic (exact) mass is 258 g/mol. The van der Waals surface area contributed by atoms with Gasteiger partial charge in [-0.25, -0.2) is 0 Å². The van der Waals surface area contributed by atoms with Crippen molar-refractivity contribution in [2.45, 2.75) is 51.1 Å². The van der Waals surface area contributed by atoms with Crippen molar-refractivity contribution in [3.8, 4) is 0 Å². The highest BCUT2D eigenvalue weighted by molar-refractivity contribution is 5.95. The summed E-state index contributed by atoms with van der Waals surface area (Å²) in [5.41, 5.74) is 3.74. The number of anilines is 1. The van der Waals surface area contributed by atoms with E-state index in [1.165, 1.54) is 36.8 Å². The largest absolute Gasteiger partial charge is 0.315 e. The maximum Gasteiger partial charge on any atom is 0.227 e. The lowest BCUT2D eigenvalue weighted by Gasteiger charge is -2.26. The molecule has 2 aliphatic rings. The van der Waals surface area contributed by atoms with Crippen molar-refractivity contribution >= 4 is 11.6 Å². The fraction of sp³-hybridized carbons (Fsp3) is 0.562. The van der Waals surface area contributed by atoms with E-state index >= 15 is 0 Å². The van der Waals surface area contributed by atoms with Crippen LogP contribution in [-0.4, -0.2) is 19.0 Å². The number of aryl methyl sites for hydroxylation is 1. The number of rotatable bonds is 3. The number of hydrogen-bond acceptors (Lipinski definition) is 2. The molecule has 1 aromatic carbocycles. The number of amides is 1. The molecule has 0 radical (unpaired) electrons. The quantitative estimate of drug-likeness (QED) is 0.904. The number of fused-ring (bicyclic) bond motifs is 1. The van der Waals surface area contributed by atoms with E-state index in [2.05, 4.69) is 23.5 Å². The van der Waals surface area contributed by atoms with Crippen LogP contribution in [0.3, 0.4) is 0 Å². The van der Waals surface area contributed by atoms with Crippen LogP contribution in [0.15, 0.2) is 18.2 Å². The maximum absolute atomic E-state index is 11.7. The Morgan fingerprint density at radius 3 is 2.84 bits per heavy atom. The van der Waals surface area contributed by atoms with Gasteiger partial charge in [-0.2, -0.15) is 0 Å². The number of nitrogens with zero attached hydrogens (tertiary/aromatic N) is 1. The Hall–Kier alpha value is -1.35. The normalized spacial score (nSPS) is 19.8. The van der Waals surface area contributed by atoms with Crippen LogP contribution < -0.4 is 10.2 Å². The van der Waals surface area contributed by atoms with Crippen LogP contribution in [0.4, 0.5) is 5.69 Å². The van der Waals surface area contributed by atoms with Crippen molar-refractivity contribution in [2.75, 3.05) is 11.9 Å². The van der Waals surface area contributed by atoms with Gasteiger partial charge in [0.1, 0.15) is 0 Å². The molecule has 0 aromatic heterocycles. The van der Waals surface area contributed by atoms with E-state index in [1.807, 2.05) is 7.05 Å². The first-order valence-corrected chi connectivity index (χ1v) is 7.36. The van der Waals surface area contributed by atoms with Gasteiger partial charge in [-0.3, -0.25) is 4.79 Å². The van der Waals surface area contributed by atoms with Gasteiger partial charge in [0.15, 0.2) is 0 Å². The summed E-state index contributed by atoms with van der Waals surface area (Å²) in [6, 6.07) is 7.22. The Morgan fingerprint density at radius 2 is 2.05 bits per heavy atom. The Labute approximate surface area is 115 Å². The fourth-order valence-corrected chi connectivity index (χ4v) is 3.21. The molecule has 1 amide bonds. The molecule has 19 heavy (non-hydrogen) atoms. The molecule has 1 fully saturated rings. The maximum atomic E-state index is 11.7. The Morgan fingerprint density at radius 1 is 1.26 bits per heavy atom. The average molecular weight is 258 g/mol. The highest BCUT2D eigenvalue weighted by Gasteiger charge is 2.21. The number of benzene rings is 1. The number of hydrogen-bond donors (Lipinski definition) is 1. The van der Waals surface area contributed by atoms with E-state index in [9.17, 15) is 4.79 Å². The third-order valence-corrected chi connectivity index (χ3v) is 4.44. The first kappa shape index (κ1) is 12.7. The van der Waals surface area contributed by atoms with E-state index in [0.717, 1.165) is 18.7 Å². The fourth-order valence-electron chi connectivity index (χ4n) is 3.21. The first-order chi connectivity index (χ1) is 9.24. The molecule has 3 rings (SSSR count). The second kappa shape index (κ2) is 5.33. The van der Waals surface area contributed by atoms with Gasteiger partial charge in [0.2, 0.25) is 5.91 Å². The van der Waals surface area contributed by atoms with Crippen molar-refractivity contribution in [3.63, 3.8) is 0 Å².